The lowest BCUT2D eigenvalue weighted by Gasteiger charge is -2.20. The number of nitrogens with one attached hydrogen (secondary N) is 2. The summed E-state index contributed by atoms with van der Waals surface area (Å²) in [5, 5.41) is 0. The van der Waals surface area contributed by atoms with E-state index in [4.69, 9.17) is 0 Å². The number of aromatic nitrogens is 1. The van der Waals surface area contributed by atoms with Gasteiger partial charge in [0, 0.05) is 26.2 Å². The average molecular weight is 340 g/mol. The second-order valence-corrected chi connectivity index (χ2v) is 6.10. The number of hydrogen-bond donors (Lipinski definition) is 2. The molecule has 1 saturated carbocycles. The van der Waals surface area contributed by atoms with Gasteiger partial charge in [-0.15, -0.1) is 0 Å². The van der Waals surface area contributed by atoms with Crippen LogP contribution in [0, 0.1) is 5.92 Å². The molecule has 2 aromatic rings. The van der Waals surface area contributed by atoms with Gasteiger partial charge in [-0.05, 0) is 37.1 Å². The monoisotopic (exact) mass is 340 g/mol. The van der Waals surface area contributed by atoms with E-state index >= 15 is 0 Å². The van der Waals surface area contributed by atoms with Crippen molar-refractivity contribution in [3.05, 3.63) is 53.9 Å². The van der Waals surface area contributed by atoms with Crippen LogP contribution in [-0.2, 0) is 11.8 Å². The van der Waals surface area contributed by atoms with Crippen molar-refractivity contribution >= 4 is 23.4 Å². The van der Waals surface area contributed by atoms with Gasteiger partial charge >= 0.3 is 0 Å². The normalized spacial score (nSPS) is 13.2. The van der Waals surface area contributed by atoms with Crippen LogP contribution in [0.25, 0.3) is 0 Å². The molecule has 0 aliphatic heterocycles. The number of carbonyl (C=O) groups excluding carboxylic acids is 3. The number of amides is 3. The number of para-hydroxylation sites is 1. The van der Waals surface area contributed by atoms with E-state index in [1.165, 1.54) is 4.90 Å². The molecule has 130 valence electrons. The van der Waals surface area contributed by atoms with Crippen LogP contribution in [0.1, 0.15) is 33.7 Å². The molecule has 0 atom stereocenters. The number of rotatable bonds is 4. The zero-order valence-corrected chi connectivity index (χ0v) is 14.2. The second-order valence-electron chi connectivity index (χ2n) is 6.10. The lowest BCUT2D eigenvalue weighted by atomic mass is 10.1. The first-order valence-corrected chi connectivity index (χ1v) is 8.07. The van der Waals surface area contributed by atoms with Crippen molar-refractivity contribution in [1.82, 2.24) is 15.4 Å². The molecule has 1 aliphatic rings. The van der Waals surface area contributed by atoms with E-state index in [1.54, 1.807) is 61.3 Å². The fraction of sp³-hybridized carbons (Fsp3) is 0.278. The molecule has 1 aromatic carbocycles. The van der Waals surface area contributed by atoms with E-state index in [-0.39, 0.29) is 11.8 Å². The van der Waals surface area contributed by atoms with Gasteiger partial charge in [-0.25, -0.2) is 0 Å². The summed E-state index contributed by atoms with van der Waals surface area (Å²) >= 11 is 0. The summed E-state index contributed by atoms with van der Waals surface area (Å²) in [5.41, 5.74) is 6.06. The predicted molar refractivity (Wildman–Crippen MR) is 92.9 cm³/mol. The van der Waals surface area contributed by atoms with Gasteiger partial charge in [0.2, 0.25) is 5.91 Å². The molecule has 1 aromatic heterocycles. The molecular formula is C18H20N4O3. The first-order chi connectivity index (χ1) is 12.0. The van der Waals surface area contributed by atoms with Crippen molar-refractivity contribution in [2.24, 2.45) is 13.0 Å². The minimum Gasteiger partial charge on any atom is -0.347 e. The number of hydrogen-bond acceptors (Lipinski definition) is 3. The zero-order chi connectivity index (χ0) is 18.0. The summed E-state index contributed by atoms with van der Waals surface area (Å²) < 4.78 is 1.65. The topological polar surface area (TPSA) is 83.4 Å². The van der Waals surface area contributed by atoms with Crippen molar-refractivity contribution in [1.29, 1.82) is 0 Å². The fourth-order valence-electron chi connectivity index (χ4n) is 2.62. The largest absolute Gasteiger partial charge is 0.347 e. The SMILES string of the molecule is CN(C(=O)C1CC1)c1ccccc1C(=O)NNC(=O)c1cccn1C. The van der Waals surface area contributed by atoms with Crippen LogP contribution in [0.5, 0.6) is 0 Å². The molecule has 25 heavy (non-hydrogen) atoms. The third kappa shape index (κ3) is 3.55. The highest BCUT2D eigenvalue weighted by Crippen LogP contribution is 2.33. The van der Waals surface area contributed by atoms with E-state index in [0.29, 0.717) is 16.9 Å². The summed E-state index contributed by atoms with van der Waals surface area (Å²) in [6.07, 6.45) is 3.53. The number of nitrogens with zero attached hydrogens (tertiary/aromatic N) is 2. The zero-order valence-electron chi connectivity index (χ0n) is 14.2. The molecule has 2 N–H and O–H groups in total. The Hall–Kier alpha value is -3.09. The summed E-state index contributed by atoms with van der Waals surface area (Å²) in [4.78, 5) is 38.3. The van der Waals surface area contributed by atoms with Crippen molar-refractivity contribution in [3.63, 3.8) is 0 Å². The number of hydrazine groups is 1. The average Bonchev–Trinajstić information content (AvgIpc) is 3.39. The standard InChI is InChI=1S/C18H20N4O3/c1-21-11-5-8-15(21)17(24)20-19-16(23)13-6-3-4-7-14(13)22(2)18(25)12-9-10-12/h3-8,11-12H,9-10H2,1-2H3,(H,19,23)(H,20,24). The van der Waals surface area contributed by atoms with Crippen LogP contribution in [0.15, 0.2) is 42.6 Å². The van der Waals surface area contributed by atoms with Gasteiger partial charge in [0.15, 0.2) is 0 Å². The van der Waals surface area contributed by atoms with Crippen LogP contribution >= 0.6 is 0 Å². The first kappa shape index (κ1) is 16.8. The van der Waals surface area contributed by atoms with Gasteiger partial charge in [0.1, 0.15) is 5.69 Å². The minimum absolute atomic E-state index is 0.00750. The maximum atomic E-state index is 12.5. The summed E-state index contributed by atoms with van der Waals surface area (Å²) in [7, 11) is 3.40. The van der Waals surface area contributed by atoms with Crippen molar-refractivity contribution < 1.29 is 14.4 Å². The molecule has 0 saturated heterocycles. The van der Waals surface area contributed by atoms with Gasteiger partial charge in [0.05, 0.1) is 11.3 Å². The third-order valence-electron chi connectivity index (χ3n) is 4.23. The third-order valence-corrected chi connectivity index (χ3v) is 4.23. The number of anilines is 1. The number of aryl methyl sites for hydroxylation is 1. The number of carbonyl (C=O) groups is 3. The Morgan fingerprint density at radius 2 is 1.72 bits per heavy atom. The molecule has 3 rings (SSSR count). The Balaban J connectivity index is 1.71. The molecule has 0 bridgehead atoms. The fourth-order valence-corrected chi connectivity index (χ4v) is 2.62. The van der Waals surface area contributed by atoms with Crippen molar-refractivity contribution in [2.75, 3.05) is 11.9 Å². The van der Waals surface area contributed by atoms with E-state index in [9.17, 15) is 14.4 Å². The highest BCUT2D eigenvalue weighted by molar-refractivity contribution is 6.06. The summed E-state index contributed by atoms with van der Waals surface area (Å²) in [6, 6.07) is 10.2. The van der Waals surface area contributed by atoms with Crippen LogP contribution < -0.4 is 15.8 Å². The Morgan fingerprint density at radius 1 is 1.04 bits per heavy atom. The molecule has 0 radical (unpaired) electrons. The molecule has 7 nitrogen and oxygen atoms in total. The Kier molecular flexibility index (Phi) is 4.56. The number of benzene rings is 1. The van der Waals surface area contributed by atoms with Gasteiger partial charge in [-0.3, -0.25) is 25.2 Å². The quantitative estimate of drug-likeness (QED) is 0.827. The van der Waals surface area contributed by atoms with E-state index in [2.05, 4.69) is 10.9 Å². The van der Waals surface area contributed by atoms with Crippen LogP contribution in [-0.4, -0.2) is 29.3 Å². The molecule has 0 spiro atoms. The van der Waals surface area contributed by atoms with Crippen molar-refractivity contribution in [3.8, 4) is 0 Å². The summed E-state index contributed by atoms with van der Waals surface area (Å²) in [5.74, 6) is -0.833. The Morgan fingerprint density at radius 3 is 2.36 bits per heavy atom. The van der Waals surface area contributed by atoms with Gasteiger partial charge in [-0.1, -0.05) is 12.1 Å². The van der Waals surface area contributed by atoms with Crippen LogP contribution in [0.3, 0.4) is 0 Å². The van der Waals surface area contributed by atoms with E-state index < -0.39 is 11.8 Å². The molecule has 7 heteroatoms. The molecule has 1 aliphatic carbocycles. The maximum Gasteiger partial charge on any atom is 0.286 e. The van der Waals surface area contributed by atoms with Crippen molar-refractivity contribution in [2.45, 2.75) is 12.8 Å². The van der Waals surface area contributed by atoms with Crippen LogP contribution in [0.4, 0.5) is 5.69 Å². The van der Waals surface area contributed by atoms with E-state index in [1.807, 2.05) is 0 Å². The highest BCUT2D eigenvalue weighted by atomic mass is 16.2. The Labute approximate surface area is 145 Å². The highest BCUT2D eigenvalue weighted by Gasteiger charge is 2.33. The minimum atomic E-state index is -0.478. The van der Waals surface area contributed by atoms with Gasteiger partial charge in [-0.2, -0.15) is 0 Å². The Bertz CT molecular complexity index is 823. The molecular weight excluding hydrogens is 320 g/mol. The van der Waals surface area contributed by atoms with Gasteiger partial charge in [0.25, 0.3) is 11.8 Å². The predicted octanol–water partition coefficient (Wildman–Crippen LogP) is 1.47. The second kappa shape index (κ2) is 6.80. The lowest BCUT2D eigenvalue weighted by molar-refractivity contribution is -0.119. The first-order valence-electron chi connectivity index (χ1n) is 8.07. The molecule has 3 amide bonds. The van der Waals surface area contributed by atoms with Crippen LogP contribution in [0.2, 0.25) is 0 Å². The van der Waals surface area contributed by atoms with E-state index in [0.717, 1.165) is 12.8 Å². The maximum absolute atomic E-state index is 12.5. The molecule has 0 unspecified atom stereocenters. The summed E-state index contributed by atoms with van der Waals surface area (Å²) in [6.45, 7) is 0. The molecule has 1 fully saturated rings. The van der Waals surface area contributed by atoms with Gasteiger partial charge < -0.3 is 9.47 Å². The lowest BCUT2D eigenvalue weighted by Crippen LogP contribution is -2.43. The smallest absolute Gasteiger partial charge is 0.286 e. The molecule has 1 heterocycles.